The van der Waals surface area contributed by atoms with Gasteiger partial charge in [-0.3, -0.25) is 4.79 Å². The minimum atomic E-state index is -3.14. The molecule has 0 saturated carbocycles. The highest BCUT2D eigenvalue weighted by Crippen LogP contribution is 2.13. The molecule has 0 radical (unpaired) electrons. The predicted molar refractivity (Wildman–Crippen MR) is 79.7 cm³/mol. The van der Waals surface area contributed by atoms with Gasteiger partial charge in [-0.25, -0.2) is 13.1 Å². The van der Waals surface area contributed by atoms with Crippen molar-refractivity contribution in [2.24, 2.45) is 5.73 Å². The van der Waals surface area contributed by atoms with Crippen LogP contribution in [0.1, 0.15) is 45.4 Å². The molecule has 0 bridgehead atoms. The molecule has 0 aliphatic carbocycles. The van der Waals surface area contributed by atoms with Gasteiger partial charge in [0.2, 0.25) is 15.9 Å². The van der Waals surface area contributed by atoms with Crippen molar-refractivity contribution in [3.05, 3.63) is 0 Å². The van der Waals surface area contributed by atoms with E-state index in [9.17, 15) is 13.2 Å². The SMILES string of the molecule is CCS(=O)(=O)NC1CCN(C(=O)CCCCCN)CC1. The number of carbonyl (C=O) groups is 1. The number of nitrogens with two attached hydrogens (primary N) is 1. The van der Waals surface area contributed by atoms with Crippen molar-refractivity contribution >= 4 is 15.9 Å². The van der Waals surface area contributed by atoms with E-state index in [0.29, 0.717) is 38.9 Å². The van der Waals surface area contributed by atoms with E-state index in [1.165, 1.54) is 0 Å². The lowest BCUT2D eigenvalue weighted by Crippen LogP contribution is -2.46. The molecule has 1 fully saturated rings. The summed E-state index contributed by atoms with van der Waals surface area (Å²) in [6.07, 6.45) is 4.83. The lowest BCUT2D eigenvalue weighted by Gasteiger charge is -2.32. The van der Waals surface area contributed by atoms with Crippen molar-refractivity contribution in [2.75, 3.05) is 25.4 Å². The molecule has 1 aliphatic heterocycles. The zero-order chi connectivity index (χ0) is 15.0. The number of hydrogen-bond donors (Lipinski definition) is 2. The molecular weight excluding hydrogens is 278 g/mol. The summed E-state index contributed by atoms with van der Waals surface area (Å²) in [5.74, 6) is 0.284. The average Bonchev–Trinajstić information content (AvgIpc) is 2.44. The molecule has 3 N–H and O–H groups in total. The summed E-state index contributed by atoms with van der Waals surface area (Å²) in [7, 11) is -3.14. The molecule has 7 heteroatoms. The maximum Gasteiger partial charge on any atom is 0.222 e. The van der Waals surface area contributed by atoms with Crippen molar-refractivity contribution in [3.8, 4) is 0 Å². The second-order valence-corrected chi connectivity index (χ2v) is 7.32. The first-order chi connectivity index (χ1) is 9.48. The van der Waals surface area contributed by atoms with Crippen molar-refractivity contribution in [1.82, 2.24) is 9.62 Å². The van der Waals surface area contributed by atoms with Crippen LogP contribution in [0.25, 0.3) is 0 Å². The minimum absolute atomic E-state index is 0.0266. The quantitative estimate of drug-likeness (QED) is 0.636. The largest absolute Gasteiger partial charge is 0.343 e. The first-order valence-corrected chi connectivity index (χ1v) is 9.11. The molecule has 0 aromatic heterocycles. The fourth-order valence-electron chi connectivity index (χ4n) is 2.34. The number of sulfonamides is 1. The van der Waals surface area contributed by atoms with Crippen LogP contribution in [-0.4, -0.2) is 50.7 Å². The molecular formula is C13H27N3O3S. The number of amides is 1. The van der Waals surface area contributed by atoms with Gasteiger partial charge in [0.25, 0.3) is 0 Å². The summed E-state index contributed by atoms with van der Waals surface area (Å²) in [5.41, 5.74) is 5.41. The predicted octanol–water partition coefficient (Wildman–Crippen LogP) is 0.436. The molecule has 0 aromatic rings. The Balaban J connectivity index is 2.26. The highest BCUT2D eigenvalue weighted by molar-refractivity contribution is 7.89. The summed E-state index contributed by atoms with van der Waals surface area (Å²) in [4.78, 5) is 13.8. The number of carbonyl (C=O) groups excluding carboxylic acids is 1. The van der Waals surface area contributed by atoms with E-state index >= 15 is 0 Å². The molecule has 0 unspecified atom stereocenters. The van der Waals surface area contributed by atoms with Gasteiger partial charge in [0.05, 0.1) is 5.75 Å². The molecule has 1 rings (SSSR count). The standard InChI is InChI=1S/C13H27N3O3S/c1-2-20(18,19)15-12-7-10-16(11-8-12)13(17)6-4-3-5-9-14/h12,15H,2-11,14H2,1H3. The summed E-state index contributed by atoms with van der Waals surface area (Å²) in [6.45, 7) is 3.60. The van der Waals surface area contributed by atoms with Gasteiger partial charge in [-0.05, 0) is 39.2 Å². The Bertz CT molecular complexity index is 390. The van der Waals surface area contributed by atoms with Crippen LogP contribution in [0.3, 0.4) is 0 Å². The highest BCUT2D eigenvalue weighted by Gasteiger charge is 2.24. The summed E-state index contributed by atoms with van der Waals surface area (Å²) < 4.78 is 25.7. The van der Waals surface area contributed by atoms with Crippen LogP contribution < -0.4 is 10.5 Å². The number of piperidine rings is 1. The molecule has 6 nitrogen and oxygen atoms in total. The van der Waals surface area contributed by atoms with Crippen LogP contribution in [-0.2, 0) is 14.8 Å². The van der Waals surface area contributed by atoms with Gasteiger partial charge >= 0.3 is 0 Å². The Hall–Kier alpha value is -0.660. The monoisotopic (exact) mass is 305 g/mol. The van der Waals surface area contributed by atoms with E-state index < -0.39 is 10.0 Å². The Morgan fingerprint density at radius 2 is 1.90 bits per heavy atom. The van der Waals surface area contributed by atoms with Gasteiger partial charge in [-0.15, -0.1) is 0 Å². The number of hydrogen-bond acceptors (Lipinski definition) is 4. The maximum absolute atomic E-state index is 12.0. The molecule has 1 amide bonds. The van der Waals surface area contributed by atoms with E-state index in [0.717, 1.165) is 19.3 Å². The number of nitrogens with one attached hydrogen (secondary N) is 1. The van der Waals surface area contributed by atoms with E-state index in [1.54, 1.807) is 6.92 Å². The third-order valence-corrected chi connectivity index (χ3v) is 5.12. The van der Waals surface area contributed by atoms with E-state index in [1.807, 2.05) is 4.90 Å². The van der Waals surface area contributed by atoms with Crippen LogP contribution in [0.2, 0.25) is 0 Å². The molecule has 0 atom stereocenters. The van der Waals surface area contributed by atoms with Gasteiger partial charge in [0.15, 0.2) is 0 Å². The zero-order valence-corrected chi connectivity index (χ0v) is 13.1. The molecule has 118 valence electrons. The van der Waals surface area contributed by atoms with Crippen LogP contribution >= 0.6 is 0 Å². The topological polar surface area (TPSA) is 92.5 Å². The molecule has 0 aromatic carbocycles. The lowest BCUT2D eigenvalue weighted by molar-refractivity contribution is -0.132. The van der Waals surface area contributed by atoms with Crippen molar-refractivity contribution in [1.29, 1.82) is 0 Å². The summed E-state index contributed by atoms with van der Waals surface area (Å²) in [5, 5.41) is 0. The molecule has 20 heavy (non-hydrogen) atoms. The Morgan fingerprint density at radius 1 is 1.25 bits per heavy atom. The van der Waals surface area contributed by atoms with Crippen LogP contribution in [0.15, 0.2) is 0 Å². The van der Waals surface area contributed by atoms with E-state index in [4.69, 9.17) is 5.73 Å². The normalized spacial score (nSPS) is 17.4. The number of unbranched alkanes of at least 4 members (excludes halogenated alkanes) is 2. The molecule has 0 spiro atoms. The van der Waals surface area contributed by atoms with Gasteiger partial charge in [-0.1, -0.05) is 6.42 Å². The van der Waals surface area contributed by atoms with Gasteiger partial charge in [0.1, 0.15) is 0 Å². The summed E-state index contributed by atoms with van der Waals surface area (Å²) >= 11 is 0. The molecule has 1 aliphatic rings. The second kappa shape index (κ2) is 8.59. The smallest absolute Gasteiger partial charge is 0.222 e. The van der Waals surface area contributed by atoms with Crippen molar-refractivity contribution < 1.29 is 13.2 Å². The number of nitrogens with zero attached hydrogens (tertiary/aromatic N) is 1. The Morgan fingerprint density at radius 3 is 2.45 bits per heavy atom. The van der Waals surface area contributed by atoms with Gasteiger partial charge < -0.3 is 10.6 Å². The zero-order valence-electron chi connectivity index (χ0n) is 12.3. The molecule has 1 heterocycles. The summed E-state index contributed by atoms with van der Waals surface area (Å²) in [6, 6.07) is -0.0266. The Kier molecular flexibility index (Phi) is 7.47. The fraction of sp³-hybridized carbons (Fsp3) is 0.923. The van der Waals surface area contributed by atoms with E-state index in [-0.39, 0.29) is 17.7 Å². The fourth-order valence-corrected chi connectivity index (χ4v) is 3.25. The number of rotatable bonds is 8. The van der Waals surface area contributed by atoms with Gasteiger partial charge in [0, 0.05) is 25.6 Å². The highest BCUT2D eigenvalue weighted by atomic mass is 32.2. The van der Waals surface area contributed by atoms with Crippen LogP contribution in [0, 0.1) is 0 Å². The average molecular weight is 305 g/mol. The van der Waals surface area contributed by atoms with Gasteiger partial charge in [-0.2, -0.15) is 0 Å². The number of likely N-dealkylation sites (tertiary alicyclic amines) is 1. The third kappa shape index (κ3) is 6.19. The second-order valence-electron chi connectivity index (χ2n) is 5.28. The maximum atomic E-state index is 12.0. The lowest BCUT2D eigenvalue weighted by atomic mass is 10.1. The first kappa shape index (κ1) is 17.4. The minimum Gasteiger partial charge on any atom is -0.343 e. The third-order valence-electron chi connectivity index (χ3n) is 3.67. The van der Waals surface area contributed by atoms with Crippen molar-refractivity contribution in [3.63, 3.8) is 0 Å². The molecule has 1 saturated heterocycles. The van der Waals surface area contributed by atoms with E-state index in [2.05, 4.69) is 4.72 Å². The van der Waals surface area contributed by atoms with Crippen molar-refractivity contribution in [2.45, 2.75) is 51.5 Å². The van der Waals surface area contributed by atoms with Crippen LogP contribution in [0.4, 0.5) is 0 Å². The first-order valence-electron chi connectivity index (χ1n) is 7.46. The van der Waals surface area contributed by atoms with Crippen LogP contribution in [0.5, 0.6) is 0 Å². The Labute approximate surface area is 122 Å².